The second-order valence-corrected chi connectivity index (χ2v) is 6.40. The summed E-state index contributed by atoms with van der Waals surface area (Å²) in [6.07, 6.45) is 6.51. The molecule has 111 valence electrons. The molecule has 2 heterocycles. The number of methoxy groups -OCH3 is 1. The second-order valence-electron chi connectivity index (χ2n) is 5.59. The third kappa shape index (κ3) is 2.25. The van der Waals surface area contributed by atoms with Crippen LogP contribution in [-0.2, 0) is 14.6 Å². The van der Waals surface area contributed by atoms with Crippen molar-refractivity contribution in [2.75, 3.05) is 7.11 Å². The second kappa shape index (κ2) is 5.09. The number of halogens is 1. The number of carbonyl (C=O) groups is 1. The number of hydrogen-bond acceptors (Lipinski definition) is 4. The largest absolute Gasteiger partial charge is 0.468 e. The van der Waals surface area contributed by atoms with Gasteiger partial charge in [0, 0.05) is 18.6 Å². The molecule has 0 bridgehead atoms. The molecule has 0 spiro atoms. The summed E-state index contributed by atoms with van der Waals surface area (Å²) in [6, 6.07) is -0.712. The Bertz CT molecular complexity index is 604. The minimum absolute atomic E-state index is 0.231. The van der Waals surface area contributed by atoms with Crippen LogP contribution in [0.1, 0.15) is 13.3 Å². The van der Waals surface area contributed by atoms with E-state index in [1.165, 1.54) is 7.11 Å². The first-order chi connectivity index (χ1) is 9.95. The summed E-state index contributed by atoms with van der Waals surface area (Å²) in [5.74, 6) is -0.697. The van der Waals surface area contributed by atoms with Gasteiger partial charge in [-0.15, -0.1) is 11.6 Å². The zero-order valence-electron chi connectivity index (χ0n) is 11.8. The molecule has 0 aromatic carbocycles. The molecule has 0 aromatic rings. The predicted molar refractivity (Wildman–Crippen MR) is 78.5 cm³/mol. The van der Waals surface area contributed by atoms with Crippen LogP contribution in [-0.4, -0.2) is 36.4 Å². The lowest BCUT2D eigenvalue weighted by Gasteiger charge is -2.39. The van der Waals surface area contributed by atoms with Gasteiger partial charge in [0.05, 0.1) is 17.7 Å². The maximum absolute atomic E-state index is 12.5. The van der Waals surface area contributed by atoms with Gasteiger partial charge in [-0.3, -0.25) is 15.1 Å². The van der Waals surface area contributed by atoms with Gasteiger partial charge in [0.2, 0.25) is 0 Å². The molecule has 0 aromatic heterocycles. The van der Waals surface area contributed by atoms with Crippen molar-refractivity contribution in [3.8, 4) is 0 Å². The summed E-state index contributed by atoms with van der Waals surface area (Å²) in [4.78, 5) is 15.1. The molecule has 3 aliphatic rings. The van der Waals surface area contributed by atoms with E-state index in [2.05, 4.69) is 10.3 Å². The molecule has 0 saturated carbocycles. The number of esters is 1. The predicted octanol–water partition coefficient (Wildman–Crippen LogP) is 1.73. The molecule has 0 saturated heterocycles. The summed E-state index contributed by atoms with van der Waals surface area (Å²) in [5.41, 5.74) is 2.70. The quantitative estimate of drug-likeness (QED) is 0.592. The first-order valence-electron chi connectivity index (χ1n) is 6.79. The monoisotopic (exact) mass is 307 g/mol. The number of hydrogen-bond donors (Lipinski definition) is 1. The van der Waals surface area contributed by atoms with E-state index in [1.54, 1.807) is 13.1 Å². The van der Waals surface area contributed by atoms with E-state index in [9.17, 15) is 9.90 Å². The number of allylic oxidation sites excluding steroid dienone is 4. The van der Waals surface area contributed by atoms with Gasteiger partial charge in [0.15, 0.2) is 6.23 Å². The number of nitrogens with one attached hydrogen (secondary N) is 1. The molecule has 1 radical (unpaired) electrons. The van der Waals surface area contributed by atoms with Crippen LogP contribution >= 0.6 is 11.6 Å². The highest BCUT2D eigenvalue weighted by Crippen LogP contribution is 2.45. The molecule has 4 atom stereocenters. The molecule has 5 nitrogen and oxygen atoms in total. The fourth-order valence-corrected chi connectivity index (χ4v) is 3.26. The highest BCUT2D eigenvalue weighted by atomic mass is 35.5. The van der Waals surface area contributed by atoms with Gasteiger partial charge in [-0.1, -0.05) is 12.2 Å². The first kappa shape index (κ1) is 14.5. The highest BCUT2D eigenvalue weighted by molar-refractivity contribution is 6.24. The standard InChI is InChI=1S/C15H16ClN2O3/c1-15(16)9-4-3-5-10-12(9)8(7-17-10)6-11(13(19)21-2)18-14(15)20/h3-5,7,9,11,14,18H,6H2,1-2H3/t9?,11-,14?,15?/m0/s1. The molecule has 3 unspecified atom stereocenters. The minimum atomic E-state index is -1.30. The van der Waals surface area contributed by atoms with E-state index < -0.39 is 23.1 Å². The fourth-order valence-electron chi connectivity index (χ4n) is 3.01. The number of alkyl halides is 1. The van der Waals surface area contributed by atoms with E-state index in [1.807, 2.05) is 18.2 Å². The minimum Gasteiger partial charge on any atom is -0.468 e. The van der Waals surface area contributed by atoms with Crippen LogP contribution in [0.4, 0.5) is 0 Å². The lowest BCUT2D eigenvalue weighted by Crippen LogP contribution is -2.56. The lowest BCUT2D eigenvalue weighted by molar-refractivity contribution is -0.145. The highest BCUT2D eigenvalue weighted by Gasteiger charge is 2.47. The first-order valence-corrected chi connectivity index (χ1v) is 7.17. The average Bonchev–Trinajstić information content (AvgIpc) is 2.87. The number of ether oxygens (including phenoxy) is 1. The summed E-state index contributed by atoms with van der Waals surface area (Å²) in [6.45, 7) is 1.69. The molecular weight excluding hydrogens is 292 g/mol. The van der Waals surface area contributed by atoms with Crippen molar-refractivity contribution >= 4 is 23.8 Å². The number of aliphatic imine (C=N–C) groups is 1. The van der Waals surface area contributed by atoms with Gasteiger partial charge < -0.3 is 4.74 Å². The fraction of sp³-hybridized carbons (Fsp3) is 0.467. The van der Waals surface area contributed by atoms with Gasteiger partial charge in [-0.05, 0) is 24.1 Å². The van der Waals surface area contributed by atoms with Crippen molar-refractivity contribution in [3.05, 3.63) is 35.1 Å². The SMILES string of the molecule is COC(=O)[C@@H]1CC2=C3C(=CC=CC3C(C)(Cl)C([O])N1)N=C2. The van der Waals surface area contributed by atoms with Crippen LogP contribution < -0.4 is 5.32 Å². The zero-order chi connectivity index (χ0) is 15.2. The Morgan fingerprint density at radius 3 is 3.05 bits per heavy atom. The molecule has 2 aliphatic heterocycles. The third-order valence-corrected chi connectivity index (χ3v) is 4.67. The Labute approximate surface area is 128 Å². The third-order valence-electron chi connectivity index (χ3n) is 4.23. The van der Waals surface area contributed by atoms with E-state index in [0.717, 1.165) is 16.8 Å². The molecule has 1 N–H and O–H groups in total. The molecular formula is C15H16ClN2O3. The molecule has 3 rings (SSSR count). The van der Waals surface area contributed by atoms with Crippen molar-refractivity contribution < 1.29 is 14.6 Å². The van der Waals surface area contributed by atoms with Crippen molar-refractivity contribution in [1.29, 1.82) is 0 Å². The summed E-state index contributed by atoms with van der Waals surface area (Å²) in [7, 11) is 1.31. The van der Waals surface area contributed by atoms with Crippen LogP contribution in [0.15, 0.2) is 40.1 Å². The van der Waals surface area contributed by atoms with E-state index in [4.69, 9.17) is 16.3 Å². The van der Waals surface area contributed by atoms with E-state index in [-0.39, 0.29) is 5.92 Å². The van der Waals surface area contributed by atoms with Crippen molar-refractivity contribution in [3.63, 3.8) is 0 Å². The van der Waals surface area contributed by atoms with E-state index >= 15 is 0 Å². The van der Waals surface area contributed by atoms with Crippen LogP contribution in [0.2, 0.25) is 0 Å². The van der Waals surface area contributed by atoms with Crippen LogP contribution in [0.25, 0.3) is 0 Å². The Hall–Kier alpha value is -1.43. The van der Waals surface area contributed by atoms with Gasteiger partial charge in [-0.2, -0.15) is 0 Å². The lowest BCUT2D eigenvalue weighted by atomic mass is 9.77. The van der Waals surface area contributed by atoms with Crippen molar-refractivity contribution in [1.82, 2.24) is 5.32 Å². The maximum atomic E-state index is 12.5. The Morgan fingerprint density at radius 2 is 2.33 bits per heavy atom. The van der Waals surface area contributed by atoms with Crippen LogP contribution in [0.3, 0.4) is 0 Å². The zero-order valence-corrected chi connectivity index (χ0v) is 12.6. The summed E-state index contributed by atoms with van der Waals surface area (Å²) >= 11 is 6.55. The average molecular weight is 308 g/mol. The Kier molecular flexibility index (Phi) is 3.51. The smallest absolute Gasteiger partial charge is 0.323 e. The number of nitrogens with zero attached hydrogens (tertiary/aromatic N) is 1. The Balaban J connectivity index is 2.08. The number of carbonyl (C=O) groups excluding carboxylic acids is 1. The van der Waals surface area contributed by atoms with Crippen LogP contribution in [0, 0.1) is 5.92 Å². The van der Waals surface area contributed by atoms with Crippen molar-refractivity contribution in [2.24, 2.45) is 10.9 Å². The molecule has 1 aliphatic carbocycles. The molecule has 0 amide bonds. The van der Waals surface area contributed by atoms with Gasteiger partial charge in [0.25, 0.3) is 0 Å². The van der Waals surface area contributed by atoms with E-state index in [0.29, 0.717) is 6.42 Å². The van der Waals surface area contributed by atoms with Gasteiger partial charge in [0.1, 0.15) is 6.04 Å². The maximum Gasteiger partial charge on any atom is 0.323 e. The van der Waals surface area contributed by atoms with Crippen LogP contribution in [0.5, 0.6) is 0 Å². The van der Waals surface area contributed by atoms with Gasteiger partial charge >= 0.3 is 5.97 Å². The summed E-state index contributed by atoms with van der Waals surface area (Å²) in [5, 5.41) is 15.3. The summed E-state index contributed by atoms with van der Waals surface area (Å²) < 4.78 is 4.77. The van der Waals surface area contributed by atoms with Crippen molar-refractivity contribution in [2.45, 2.75) is 30.5 Å². The number of rotatable bonds is 1. The topological polar surface area (TPSA) is 70.6 Å². The Morgan fingerprint density at radius 1 is 1.57 bits per heavy atom. The van der Waals surface area contributed by atoms with Gasteiger partial charge in [-0.25, -0.2) is 5.11 Å². The normalized spacial score (nSPS) is 37.7. The molecule has 6 heteroatoms. The molecule has 0 fully saturated rings. The molecule has 21 heavy (non-hydrogen) atoms.